The predicted molar refractivity (Wildman–Crippen MR) is 122 cm³/mol. The van der Waals surface area contributed by atoms with Crippen molar-refractivity contribution in [3.63, 3.8) is 0 Å². The Hall–Kier alpha value is -0.760. The van der Waals surface area contributed by atoms with Crippen molar-refractivity contribution in [1.82, 2.24) is 0 Å². The van der Waals surface area contributed by atoms with Crippen LogP contribution in [0.3, 0.4) is 0 Å². The van der Waals surface area contributed by atoms with E-state index >= 15 is 0 Å². The Kier molecular flexibility index (Phi) is 7.34. The molecule has 0 bridgehead atoms. The van der Waals surface area contributed by atoms with Gasteiger partial charge in [-0.3, -0.25) is 0 Å². The normalized spacial score (nSPS) is 31.0. The van der Waals surface area contributed by atoms with Gasteiger partial charge in [0.2, 0.25) is 0 Å². The summed E-state index contributed by atoms with van der Waals surface area (Å²) in [5.74, 6) is 2.62. The van der Waals surface area contributed by atoms with E-state index in [1.54, 1.807) is 0 Å². The lowest BCUT2D eigenvalue weighted by molar-refractivity contribution is 0.165. The van der Waals surface area contributed by atoms with Crippen LogP contribution >= 0.6 is 0 Å². The highest BCUT2D eigenvalue weighted by molar-refractivity contribution is 5.43. The molecule has 3 aliphatic rings. The van der Waals surface area contributed by atoms with E-state index in [4.69, 9.17) is 11.5 Å². The minimum atomic E-state index is 0.0570. The molecule has 2 heteroatoms. The van der Waals surface area contributed by atoms with E-state index in [1.807, 2.05) is 0 Å². The van der Waals surface area contributed by atoms with Gasteiger partial charge in [-0.15, -0.1) is 0 Å². The first-order chi connectivity index (χ1) is 13.3. The molecule has 0 spiro atoms. The molecule has 0 amide bonds. The number of allylic oxidation sites excluding steroid dienone is 1. The summed E-state index contributed by atoms with van der Waals surface area (Å²) in [6.07, 6.45) is 18.4. The fourth-order valence-corrected chi connectivity index (χ4v) is 6.65. The van der Waals surface area contributed by atoms with E-state index in [2.05, 4.69) is 33.8 Å². The Morgan fingerprint density at radius 3 is 2.00 bits per heavy atom. The largest absolute Gasteiger partial charge is 0.401 e. The Morgan fingerprint density at radius 2 is 1.46 bits per heavy atom. The third-order valence-electron chi connectivity index (χ3n) is 7.76. The Balaban J connectivity index is 2.09. The maximum absolute atomic E-state index is 7.21. The number of nitrogens with two attached hydrogens (primary N) is 2. The van der Waals surface area contributed by atoms with Crippen LogP contribution in [0.1, 0.15) is 105 Å². The lowest BCUT2D eigenvalue weighted by atomic mass is 9.57. The Labute approximate surface area is 174 Å². The molecule has 0 heterocycles. The second-order valence-corrected chi connectivity index (χ2v) is 11.0. The first kappa shape index (κ1) is 21.9. The molecule has 2 saturated carbocycles. The second-order valence-electron chi connectivity index (χ2n) is 11.0. The molecule has 0 aliphatic heterocycles. The first-order valence-corrected chi connectivity index (χ1v) is 12.3. The SMILES string of the molecule is CC(C)CC1=CC(CC(C)C)(C2CCCCC2)C(N)=C(C2CCCCC2)C1N. The zero-order valence-electron chi connectivity index (χ0n) is 19.1. The Morgan fingerprint density at radius 1 is 0.893 bits per heavy atom. The minimum Gasteiger partial charge on any atom is -0.401 e. The molecule has 160 valence electrons. The molecule has 2 nitrogen and oxygen atoms in total. The molecule has 3 rings (SSSR count). The van der Waals surface area contributed by atoms with Crippen molar-refractivity contribution < 1.29 is 0 Å². The van der Waals surface area contributed by atoms with Gasteiger partial charge in [0.1, 0.15) is 0 Å². The fraction of sp³-hybridized carbons (Fsp3) is 0.846. The van der Waals surface area contributed by atoms with Crippen LogP contribution in [0.2, 0.25) is 0 Å². The average molecular weight is 387 g/mol. The molecule has 2 unspecified atom stereocenters. The highest BCUT2D eigenvalue weighted by Gasteiger charge is 2.46. The zero-order valence-corrected chi connectivity index (χ0v) is 19.1. The average Bonchev–Trinajstić information content (AvgIpc) is 2.66. The maximum atomic E-state index is 7.21. The van der Waals surface area contributed by atoms with Crippen molar-refractivity contribution in [2.24, 2.45) is 40.6 Å². The third-order valence-corrected chi connectivity index (χ3v) is 7.76. The molecule has 0 aromatic carbocycles. The summed E-state index contributed by atoms with van der Waals surface area (Å²) in [7, 11) is 0. The highest BCUT2D eigenvalue weighted by atomic mass is 14.8. The quantitative estimate of drug-likeness (QED) is 0.499. The molecule has 0 saturated heterocycles. The number of rotatable bonds is 6. The van der Waals surface area contributed by atoms with Crippen LogP contribution in [-0.2, 0) is 0 Å². The van der Waals surface area contributed by atoms with Crippen molar-refractivity contribution in [3.8, 4) is 0 Å². The number of hydrogen-bond donors (Lipinski definition) is 2. The highest BCUT2D eigenvalue weighted by Crippen LogP contribution is 2.53. The van der Waals surface area contributed by atoms with Crippen molar-refractivity contribution >= 4 is 0 Å². The second kappa shape index (κ2) is 9.37. The summed E-state index contributed by atoms with van der Waals surface area (Å²) in [5, 5.41) is 0. The zero-order chi connectivity index (χ0) is 20.3. The standard InChI is InChI=1S/C26H46N2/c1-18(2)15-21-17-26(16-19(3)4,22-13-9-6-10-14-22)25(28)23(24(21)27)20-11-7-5-8-12-20/h17-20,22,24H,5-16,27-28H2,1-4H3. The van der Waals surface area contributed by atoms with Gasteiger partial charge in [0.05, 0.1) is 0 Å². The Bertz CT molecular complexity index is 573. The van der Waals surface area contributed by atoms with Crippen LogP contribution in [-0.4, -0.2) is 6.04 Å². The minimum absolute atomic E-state index is 0.0570. The molecule has 0 aromatic rings. The van der Waals surface area contributed by atoms with Gasteiger partial charge in [0.15, 0.2) is 0 Å². The molecule has 0 radical (unpaired) electrons. The van der Waals surface area contributed by atoms with Crippen molar-refractivity contribution in [2.75, 3.05) is 0 Å². The molecule has 28 heavy (non-hydrogen) atoms. The monoisotopic (exact) mass is 386 g/mol. The summed E-state index contributed by atoms with van der Waals surface area (Å²) < 4.78 is 0. The van der Waals surface area contributed by atoms with Gasteiger partial charge >= 0.3 is 0 Å². The van der Waals surface area contributed by atoms with E-state index in [9.17, 15) is 0 Å². The molecule has 2 fully saturated rings. The summed E-state index contributed by atoms with van der Waals surface area (Å²) >= 11 is 0. The summed E-state index contributed by atoms with van der Waals surface area (Å²) in [6.45, 7) is 9.42. The van der Waals surface area contributed by atoms with Crippen molar-refractivity contribution in [3.05, 3.63) is 22.9 Å². The van der Waals surface area contributed by atoms with Crippen LogP contribution < -0.4 is 11.5 Å². The van der Waals surface area contributed by atoms with Crippen molar-refractivity contribution in [2.45, 2.75) is 111 Å². The van der Waals surface area contributed by atoms with E-state index in [-0.39, 0.29) is 11.5 Å². The van der Waals surface area contributed by atoms with Gasteiger partial charge in [-0.1, -0.05) is 77.9 Å². The van der Waals surface area contributed by atoms with Crippen LogP contribution in [0.4, 0.5) is 0 Å². The number of hydrogen-bond acceptors (Lipinski definition) is 2. The van der Waals surface area contributed by atoms with Crippen LogP contribution in [0, 0.1) is 29.1 Å². The summed E-state index contributed by atoms with van der Waals surface area (Å²) in [5.41, 5.74) is 18.4. The van der Waals surface area contributed by atoms with E-state index in [0.29, 0.717) is 23.7 Å². The van der Waals surface area contributed by atoms with Crippen LogP contribution in [0.25, 0.3) is 0 Å². The maximum Gasteiger partial charge on any atom is 0.0493 e. The molecule has 4 N–H and O–H groups in total. The van der Waals surface area contributed by atoms with Gasteiger partial charge < -0.3 is 11.5 Å². The van der Waals surface area contributed by atoms with Gasteiger partial charge in [0, 0.05) is 17.2 Å². The van der Waals surface area contributed by atoms with Gasteiger partial charge in [0.25, 0.3) is 0 Å². The van der Waals surface area contributed by atoms with Gasteiger partial charge in [-0.2, -0.15) is 0 Å². The molecular weight excluding hydrogens is 340 g/mol. The molecule has 0 aromatic heterocycles. The van der Waals surface area contributed by atoms with Crippen LogP contribution in [0.15, 0.2) is 22.9 Å². The van der Waals surface area contributed by atoms with Gasteiger partial charge in [-0.25, -0.2) is 0 Å². The predicted octanol–water partition coefficient (Wildman–Crippen LogP) is 6.71. The summed E-state index contributed by atoms with van der Waals surface area (Å²) in [4.78, 5) is 0. The molecular formula is C26H46N2. The van der Waals surface area contributed by atoms with Gasteiger partial charge in [-0.05, 0) is 67.8 Å². The van der Waals surface area contributed by atoms with E-state index in [1.165, 1.54) is 87.5 Å². The third kappa shape index (κ3) is 4.53. The lowest BCUT2D eigenvalue weighted by Crippen LogP contribution is -2.46. The topological polar surface area (TPSA) is 52.0 Å². The van der Waals surface area contributed by atoms with E-state index in [0.717, 1.165) is 6.42 Å². The fourth-order valence-electron chi connectivity index (χ4n) is 6.65. The van der Waals surface area contributed by atoms with Crippen molar-refractivity contribution in [1.29, 1.82) is 0 Å². The van der Waals surface area contributed by atoms with Crippen LogP contribution in [0.5, 0.6) is 0 Å². The summed E-state index contributed by atoms with van der Waals surface area (Å²) in [6, 6.07) is 0.0642. The first-order valence-electron chi connectivity index (χ1n) is 12.3. The smallest absolute Gasteiger partial charge is 0.0493 e. The molecule has 3 aliphatic carbocycles. The molecule has 2 atom stereocenters. The van der Waals surface area contributed by atoms with E-state index < -0.39 is 0 Å². The lowest BCUT2D eigenvalue weighted by Gasteiger charge is -2.49.